The number of aromatic nitrogens is 2. The Balaban J connectivity index is 1.51. The lowest BCUT2D eigenvalue weighted by Gasteiger charge is -2.34. The van der Waals surface area contributed by atoms with Crippen molar-refractivity contribution in [2.45, 2.75) is 20.3 Å². The van der Waals surface area contributed by atoms with Crippen molar-refractivity contribution in [1.82, 2.24) is 19.9 Å². The molecule has 0 aromatic carbocycles. The molecule has 0 aliphatic carbocycles. The maximum atomic E-state index is 12.4. The molecule has 0 atom stereocenters. The van der Waals surface area contributed by atoms with E-state index < -0.39 is 0 Å². The summed E-state index contributed by atoms with van der Waals surface area (Å²) >= 11 is 1.38. The minimum Gasteiger partial charge on any atom is -0.361 e. The number of nitrogens with zero attached hydrogens (tertiary/aromatic N) is 4. The number of anilines is 1. The lowest BCUT2D eigenvalue weighted by Crippen LogP contribution is -2.52. The molecular weight excluding hydrogens is 330 g/mol. The van der Waals surface area contributed by atoms with Gasteiger partial charge in [0.05, 0.1) is 12.1 Å². The van der Waals surface area contributed by atoms with E-state index in [0.29, 0.717) is 37.1 Å². The summed E-state index contributed by atoms with van der Waals surface area (Å²) in [4.78, 5) is 32.1. The Labute approximate surface area is 143 Å². The third kappa shape index (κ3) is 3.56. The monoisotopic (exact) mass is 349 g/mol. The third-order valence-corrected chi connectivity index (χ3v) is 4.76. The summed E-state index contributed by atoms with van der Waals surface area (Å²) in [6.45, 7) is 5.69. The molecule has 1 aliphatic rings. The van der Waals surface area contributed by atoms with E-state index in [4.69, 9.17) is 4.52 Å². The molecule has 3 rings (SSSR count). The molecule has 0 saturated carbocycles. The first-order valence-corrected chi connectivity index (χ1v) is 8.57. The lowest BCUT2D eigenvalue weighted by molar-refractivity contribution is -0.131. The Morgan fingerprint density at radius 1 is 1.25 bits per heavy atom. The minimum atomic E-state index is -0.178. The Bertz CT molecular complexity index is 700. The highest BCUT2D eigenvalue weighted by Crippen LogP contribution is 2.16. The van der Waals surface area contributed by atoms with Crippen LogP contribution < -0.4 is 5.32 Å². The molecule has 2 aromatic heterocycles. The highest BCUT2D eigenvalue weighted by atomic mass is 32.1. The van der Waals surface area contributed by atoms with Gasteiger partial charge in [-0.1, -0.05) is 5.16 Å². The van der Waals surface area contributed by atoms with Gasteiger partial charge in [-0.05, 0) is 13.8 Å². The van der Waals surface area contributed by atoms with Crippen LogP contribution in [0.2, 0.25) is 0 Å². The van der Waals surface area contributed by atoms with E-state index in [1.165, 1.54) is 11.3 Å². The maximum absolute atomic E-state index is 12.4. The molecule has 1 aliphatic heterocycles. The van der Waals surface area contributed by atoms with Crippen LogP contribution in [0.1, 0.15) is 17.0 Å². The van der Waals surface area contributed by atoms with Crippen LogP contribution in [0.3, 0.4) is 0 Å². The van der Waals surface area contributed by atoms with Crippen molar-refractivity contribution in [2.24, 2.45) is 0 Å². The Hall–Kier alpha value is -2.42. The van der Waals surface area contributed by atoms with Crippen LogP contribution in [0, 0.1) is 13.8 Å². The summed E-state index contributed by atoms with van der Waals surface area (Å²) in [7, 11) is 0. The second kappa shape index (κ2) is 7.00. The topological polar surface area (TPSA) is 91.6 Å². The number of nitrogens with one attached hydrogen (secondary N) is 1. The van der Waals surface area contributed by atoms with Crippen LogP contribution in [0.25, 0.3) is 0 Å². The first kappa shape index (κ1) is 16.4. The average molecular weight is 349 g/mol. The Kier molecular flexibility index (Phi) is 4.79. The molecular formula is C15H19N5O3S. The normalized spacial score (nSPS) is 14.8. The molecule has 0 spiro atoms. The zero-order valence-electron chi connectivity index (χ0n) is 13.6. The summed E-state index contributed by atoms with van der Waals surface area (Å²) in [5.41, 5.74) is 1.60. The molecule has 3 heterocycles. The number of amides is 3. The summed E-state index contributed by atoms with van der Waals surface area (Å²) < 4.78 is 5.10. The van der Waals surface area contributed by atoms with Crippen molar-refractivity contribution >= 4 is 28.4 Å². The van der Waals surface area contributed by atoms with E-state index in [-0.39, 0.29) is 18.4 Å². The second-order valence-electron chi connectivity index (χ2n) is 5.61. The molecule has 1 saturated heterocycles. The summed E-state index contributed by atoms with van der Waals surface area (Å²) in [5, 5.41) is 9.02. The van der Waals surface area contributed by atoms with Crippen molar-refractivity contribution in [3.05, 3.63) is 28.6 Å². The molecule has 3 amide bonds. The number of urea groups is 1. The summed E-state index contributed by atoms with van der Waals surface area (Å²) in [5.74, 6) is 0.715. The zero-order valence-corrected chi connectivity index (χ0v) is 14.4. The van der Waals surface area contributed by atoms with Gasteiger partial charge in [0.15, 0.2) is 5.13 Å². The van der Waals surface area contributed by atoms with Crippen molar-refractivity contribution in [3.8, 4) is 0 Å². The highest BCUT2D eigenvalue weighted by molar-refractivity contribution is 7.13. The van der Waals surface area contributed by atoms with Gasteiger partial charge in [0.2, 0.25) is 5.91 Å². The van der Waals surface area contributed by atoms with E-state index >= 15 is 0 Å². The van der Waals surface area contributed by atoms with Crippen LogP contribution in [-0.2, 0) is 11.2 Å². The molecule has 1 fully saturated rings. The largest absolute Gasteiger partial charge is 0.361 e. The molecule has 8 nitrogen and oxygen atoms in total. The lowest BCUT2D eigenvalue weighted by atomic mass is 10.1. The SMILES string of the molecule is Cc1noc(C)c1CC(=O)N1CCN(C(=O)Nc2nccs2)CC1. The van der Waals surface area contributed by atoms with E-state index in [1.807, 2.05) is 13.8 Å². The van der Waals surface area contributed by atoms with Gasteiger partial charge >= 0.3 is 6.03 Å². The molecule has 24 heavy (non-hydrogen) atoms. The van der Waals surface area contributed by atoms with Crippen LogP contribution >= 0.6 is 11.3 Å². The first-order chi connectivity index (χ1) is 11.5. The molecule has 0 unspecified atom stereocenters. The van der Waals surface area contributed by atoms with E-state index in [0.717, 1.165) is 11.3 Å². The maximum Gasteiger partial charge on any atom is 0.323 e. The van der Waals surface area contributed by atoms with Gasteiger partial charge in [-0.2, -0.15) is 0 Å². The highest BCUT2D eigenvalue weighted by Gasteiger charge is 2.25. The smallest absolute Gasteiger partial charge is 0.323 e. The predicted octanol–water partition coefficient (Wildman–Crippen LogP) is 1.67. The number of piperazine rings is 1. The minimum absolute atomic E-state index is 0.0318. The number of rotatable bonds is 3. The van der Waals surface area contributed by atoms with Crippen molar-refractivity contribution in [1.29, 1.82) is 0 Å². The van der Waals surface area contributed by atoms with Gasteiger partial charge in [-0.15, -0.1) is 11.3 Å². The van der Waals surface area contributed by atoms with Crippen molar-refractivity contribution < 1.29 is 14.1 Å². The number of carbonyl (C=O) groups is 2. The first-order valence-electron chi connectivity index (χ1n) is 7.69. The predicted molar refractivity (Wildman–Crippen MR) is 89.0 cm³/mol. The molecule has 128 valence electrons. The molecule has 1 N–H and O–H groups in total. The standard InChI is InChI=1S/C15H19N5O3S/c1-10-12(11(2)23-18-10)9-13(21)19-4-6-20(7-5-19)15(22)17-14-16-3-8-24-14/h3,8H,4-7,9H2,1-2H3,(H,16,17,22). The summed E-state index contributed by atoms with van der Waals surface area (Å²) in [6, 6.07) is -0.178. The average Bonchev–Trinajstić information content (AvgIpc) is 3.20. The second-order valence-corrected chi connectivity index (χ2v) is 6.51. The fourth-order valence-corrected chi connectivity index (χ4v) is 3.15. The van der Waals surface area contributed by atoms with Crippen molar-refractivity contribution in [2.75, 3.05) is 31.5 Å². The Morgan fingerprint density at radius 2 is 1.96 bits per heavy atom. The molecule has 2 aromatic rings. The van der Waals surface area contributed by atoms with Crippen LogP contribution in [0.15, 0.2) is 16.1 Å². The van der Waals surface area contributed by atoms with Crippen LogP contribution in [0.5, 0.6) is 0 Å². The van der Waals surface area contributed by atoms with E-state index in [9.17, 15) is 9.59 Å². The molecule has 0 radical (unpaired) electrons. The van der Waals surface area contributed by atoms with Crippen LogP contribution in [0.4, 0.5) is 9.93 Å². The van der Waals surface area contributed by atoms with Crippen LogP contribution in [-0.4, -0.2) is 58.1 Å². The number of hydrogen-bond donors (Lipinski definition) is 1. The summed E-state index contributed by atoms with van der Waals surface area (Å²) in [6.07, 6.45) is 1.93. The molecule has 0 bridgehead atoms. The van der Waals surface area contributed by atoms with E-state index in [2.05, 4.69) is 15.5 Å². The zero-order chi connectivity index (χ0) is 17.1. The van der Waals surface area contributed by atoms with Crippen molar-refractivity contribution in [3.63, 3.8) is 0 Å². The fourth-order valence-electron chi connectivity index (χ4n) is 2.63. The van der Waals surface area contributed by atoms with Gasteiger partial charge in [0.1, 0.15) is 5.76 Å². The van der Waals surface area contributed by atoms with Gasteiger partial charge in [0, 0.05) is 43.3 Å². The van der Waals surface area contributed by atoms with Gasteiger partial charge in [-0.3, -0.25) is 10.1 Å². The third-order valence-electron chi connectivity index (χ3n) is 4.07. The molecule has 9 heteroatoms. The number of hydrogen-bond acceptors (Lipinski definition) is 6. The quantitative estimate of drug-likeness (QED) is 0.910. The van der Waals surface area contributed by atoms with Gasteiger partial charge in [-0.25, -0.2) is 9.78 Å². The number of aryl methyl sites for hydroxylation is 2. The van der Waals surface area contributed by atoms with E-state index in [1.54, 1.807) is 21.4 Å². The van der Waals surface area contributed by atoms with Gasteiger partial charge in [0.25, 0.3) is 0 Å². The number of carbonyl (C=O) groups excluding carboxylic acids is 2. The number of thiazole rings is 1. The Morgan fingerprint density at radius 3 is 2.54 bits per heavy atom. The van der Waals surface area contributed by atoms with Gasteiger partial charge < -0.3 is 14.3 Å². The fraction of sp³-hybridized carbons (Fsp3) is 0.467.